The van der Waals surface area contributed by atoms with Gasteiger partial charge in [-0.3, -0.25) is 5.32 Å². The van der Waals surface area contributed by atoms with E-state index >= 15 is 0 Å². The van der Waals surface area contributed by atoms with Gasteiger partial charge in [0.15, 0.2) is 0 Å². The molecule has 1 unspecified atom stereocenters. The molecule has 21 heavy (non-hydrogen) atoms. The average Bonchev–Trinajstić information content (AvgIpc) is 2.54. The van der Waals surface area contributed by atoms with Crippen LogP contribution in [0.2, 0.25) is 0 Å². The molecule has 0 aliphatic heterocycles. The number of aromatic nitrogens is 1. The van der Waals surface area contributed by atoms with Crippen molar-refractivity contribution in [3.05, 3.63) is 58.7 Å². The summed E-state index contributed by atoms with van der Waals surface area (Å²) in [5, 5.41) is 14.0. The molecule has 108 valence electrons. The van der Waals surface area contributed by atoms with Crippen LogP contribution in [0.5, 0.6) is 0 Å². The normalized spacial score (nSPS) is 13.4. The number of nitriles is 1. The summed E-state index contributed by atoms with van der Waals surface area (Å²) in [5.74, 6) is 0.607. The van der Waals surface area contributed by atoms with Crippen molar-refractivity contribution >= 4 is 27.7 Å². The van der Waals surface area contributed by atoms with Crippen LogP contribution in [0.4, 0.5) is 0 Å². The van der Waals surface area contributed by atoms with Crippen molar-refractivity contribution in [3.8, 4) is 6.07 Å². The van der Waals surface area contributed by atoms with Gasteiger partial charge < -0.3 is 0 Å². The highest BCUT2D eigenvalue weighted by atomic mass is 79.9. The Labute approximate surface area is 137 Å². The van der Waals surface area contributed by atoms with Gasteiger partial charge >= 0.3 is 0 Å². The van der Waals surface area contributed by atoms with Crippen LogP contribution in [0, 0.1) is 11.3 Å². The van der Waals surface area contributed by atoms with Gasteiger partial charge in [-0.25, -0.2) is 4.98 Å². The second kappa shape index (κ2) is 7.60. The molecule has 1 aromatic heterocycles. The lowest BCUT2D eigenvalue weighted by atomic mass is 9.93. The van der Waals surface area contributed by atoms with E-state index in [-0.39, 0.29) is 0 Å². The van der Waals surface area contributed by atoms with Crippen LogP contribution in [0.3, 0.4) is 0 Å². The summed E-state index contributed by atoms with van der Waals surface area (Å²) in [6.07, 6.45) is 1.77. The van der Waals surface area contributed by atoms with Gasteiger partial charge in [-0.2, -0.15) is 5.26 Å². The minimum absolute atomic E-state index is 0.607. The first-order chi connectivity index (χ1) is 10.2. The van der Waals surface area contributed by atoms with Gasteiger partial charge in [0.25, 0.3) is 0 Å². The lowest BCUT2D eigenvalue weighted by Gasteiger charge is -2.27. The molecular formula is C16H16BrN3S. The van der Waals surface area contributed by atoms with Crippen molar-refractivity contribution in [2.75, 3.05) is 12.3 Å². The maximum absolute atomic E-state index is 9.73. The maximum atomic E-state index is 9.73. The van der Waals surface area contributed by atoms with Crippen molar-refractivity contribution in [2.24, 2.45) is 0 Å². The SMILES string of the molecule is CCNC(C#N)(CSc1ccc(Br)cn1)c1ccccc1. The van der Waals surface area contributed by atoms with Gasteiger partial charge in [0.05, 0.1) is 11.1 Å². The summed E-state index contributed by atoms with van der Waals surface area (Å²) in [5.41, 5.74) is 0.286. The molecule has 0 saturated heterocycles. The van der Waals surface area contributed by atoms with E-state index in [4.69, 9.17) is 0 Å². The Hall–Kier alpha value is -1.35. The zero-order valence-corrected chi connectivity index (χ0v) is 14.1. The minimum Gasteiger partial charge on any atom is -0.295 e. The minimum atomic E-state index is -0.699. The smallest absolute Gasteiger partial charge is 0.141 e. The molecule has 0 bridgehead atoms. The van der Waals surface area contributed by atoms with Gasteiger partial charge in [0.2, 0.25) is 0 Å². The first-order valence-electron chi connectivity index (χ1n) is 6.66. The number of pyridine rings is 1. The summed E-state index contributed by atoms with van der Waals surface area (Å²) in [4.78, 5) is 4.35. The number of benzene rings is 1. The largest absolute Gasteiger partial charge is 0.295 e. The van der Waals surface area contributed by atoms with Crippen molar-refractivity contribution in [1.82, 2.24) is 10.3 Å². The number of hydrogen-bond acceptors (Lipinski definition) is 4. The molecule has 0 saturated carbocycles. The van der Waals surface area contributed by atoms with E-state index in [1.807, 2.05) is 49.4 Å². The molecule has 0 radical (unpaired) electrons. The first-order valence-corrected chi connectivity index (χ1v) is 8.44. The third-order valence-electron chi connectivity index (χ3n) is 3.07. The summed E-state index contributed by atoms with van der Waals surface area (Å²) >= 11 is 4.95. The Bertz CT molecular complexity index is 610. The highest BCUT2D eigenvalue weighted by molar-refractivity contribution is 9.10. The van der Waals surface area contributed by atoms with Gasteiger partial charge in [-0.1, -0.05) is 37.3 Å². The Morgan fingerprint density at radius 1 is 1.29 bits per heavy atom. The van der Waals surface area contributed by atoms with Crippen LogP contribution < -0.4 is 5.32 Å². The number of halogens is 1. The second-order valence-corrected chi connectivity index (χ2v) is 6.43. The second-order valence-electron chi connectivity index (χ2n) is 4.52. The molecule has 0 aliphatic rings. The molecule has 0 fully saturated rings. The van der Waals surface area contributed by atoms with Crippen molar-refractivity contribution in [3.63, 3.8) is 0 Å². The molecule has 1 aromatic carbocycles. The van der Waals surface area contributed by atoms with Crippen LogP contribution in [0.15, 0.2) is 58.2 Å². The molecule has 0 amide bonds. The molecule has 3 nitrogen and oxygen atoms in total. The standard InChI is InChI=1S/C16H16BrN3S/c1-2-20-16(11-18,13-6-4-3-5-7-13)12-21-15-9-8-14(17)10-19-15/h3-10,20H,2,12H2,1H3. The quantitative estimate of drug-likeness (QED) is 0.790. The molecule has 0 aliphatic carbocycles. The monoisotopic (exact) mass is 361 g/mol. The molecule has 1 heterocycles. The number of rotatable bonds is 6. The van der Waals surface area contributed by atoms with Gasteiger partial charge in [-0.15, -0.1) is 11.8 Å². The molecule has 2 aromatic rings. The summed E-state index contributed by atoms with van der Waals surface area (Å²) in [6.45, 7) is 2.74. The predicted octanol–water partition coefficient (Wildman–Crippen LogP) is 3.96. The van der Waals surface area contributed by atoms with Gasteiger partial charge in [-0.05, 0) is 40.2 Å². The summed E-state index contributed by atoms with van der Waals surface area (Å²) in [6, 6.07) is 16.2. The lowest BCUT2D eigenvalue weighted by molar-refractivity contribution is 0.490. The third-order valence-corrected chi connectivity index (χ3v) is 4.66. The Kier molecular flexibility index (Phi) is 5.80. The molecule has 1 N–H and O–H groups in total. The first kappa shape index (κ1) is 16.0. The predicted molar refractivity (Wildman–Crippen MR) is 90.1 cm³/mol. The molecule has 2 rings (SSSR count). The topological polar surface area (TPSA) is 48.7 Å². The Morgan fingerprint density at radius 2 is 2.05 bits per heavy atom. The van der Waals surface area contributed by atoms with Gasteiger partial charge in [0, 0.05) is 16.4 Å². The van der Waals surface area contributed by atoms with Crippen molar-refractivity contribution < 1.29 is 0 Å². The fraction of sp³-hybridized carbons (Fsp3) is 0.250. The third kappa shape index (κ3) is 4.07. The average molecular weight is 362 g/mol. The fourth-order valence-electron chi connectivity index (χ4n) is 2.03. The highest BCUT2D eigenvalue weighted by Crippen LogP contribution is 2.29. The lowest BCUT2D eigenvalue weighted by Crippen LogP contribution is -2.43. The number of nitrogens with one attached hydrogen (secondary N) is 1. The van der Waals surface area contributed by atoms with Crippen LogP contribution in [0.1, 0.15) is 12.5 Å². The Balaban J connectivity index is 2.21. The van der Waals surface area contributed by atoms with E-state index in [0.717, 1.165) is 21.6 Å². The summed E-state index contributed by atoms with van der Waals surface area (Å²) < 4.78 is 0.952. The van der Waals surface area contributed by atoms with Crippen molar-refractivity contribution in [2.45, 2.75) is 17.5 Å². The number of hydrogen-bond donors (Lipinski definition) is 1. The van der Waals surface area contributed by atoms with E-state index in [0.29, 0.717) is 5.75 Å². The summed E-state index contributed by atoms with van der Waals surface area (Å²) in [7, 11) is 0. The van der Waals surface area contributed by atoms with E-state index in [1.54, 1.807) is 18.0 Å². The molecule has 1 atom stereocenters. The van der Waals surface area contributed by atoms with Crippen LogP contribution in [-0.2, 0) is 5.54 Å². The van der Waals surface area contributed by atoms with E-state index in [2.05, 4.69) is 32.3 Å². The number of thioether (sulfide) groups is 1. The van der Waals surface area contributed by atoms with E-state index < -0.39 is 5.54 Å². The van der Waals surface area contributed by atoms with Gasteiger partial charge in [0.1, 0.15) is 5.54 Å². The highest BCUT2D eigenvalue weighted by Gasteiger charge is 2.31. The molecule has 0 spiro atoms. The Morgan fingerprint density at radius 3 is 2.62 bits per heavy atom. The van der Waals surface area contributed by atoms with Crippen LogP contribution >= 0.6 is 27.7 Å². The molecule has 5 heteroatoms. The fourth-order valence-corrected chi connectivity index (χ4v) is 3.25. The van der Waals surface area contributed by atoms with Crippen LogP contribution in [0.25, 0.3) is 0 Å². The van der Waals surface area contributed by atoms with E-state index in [1.165, 1.54) is 0 Å². The maximum Gasteiger partial charge on any atom is 0.141 e. The zero-order valence-electron chi connectivity index (χ0n) is 11.7. The van der Waals surface area contributed by atoms with E-state index in [9.17, 15) is 5.26 Å². The zero-order chi connectivity index (χ0) is 15.1. The molecular weight excluding hydrogens is 346 g/mol. The van der Waals surface area contributed by atoms with Crippen LogP contribution in [-0.4, -0.2) is 17.3 Å². The van der Waals surface area contributed by atoms with Crippen molar-refractivity contribution in [1.29, 1.82) is 5.26 Å². The number of nitrogens with zero attached hydrogens (tertiary/aromatic N) is 2.